The van der Waals surface area contributed by atoms with Crippen molar-refractivity contribution in [3.05, 3.63) is 71.9 Å². The van der Waals surface area contributed by atoms with E-state index in [2.05, 4.69) is 10.3 Å². The Morgan fingerprint density at radius 2 is 1.68 bits per heavy atom. The van der Waals surface area contributed by atoms with E-state index in [0.717, 1.165) is 22.0 Å². The summed E-state index contributed by atoms with van der Waals surface area (Å²) < 4.78 is 29.2. The predicted octanol–water partition coefficient (Wildman–Crippen LogP) is 3.90. The summed E-state index contributed by atoms with van der Waals surface area (Å²) in [4.78, 5) is 29.2. The normalized spacial score (nSPS) is 23.7. The van der Waals surface area contributed by atoms with Gasteiger partial charge in [0.15, 0.2) is 6.10 Å². The van der Waals surface area contributed by atoms with Gasteiger partial charge in [-0.3, -0.25) is 0 Å². The highest BCUT2D eigenvalue weighted by Gasteiger charge is 2.50. The van der Waals surface area contributed by atoms with Crippen molar-refractivity contribution in [2.24, 2.45) is 0 Å². The van der Waals surface area contributed by atoms with Crippen LogP contribution in [0.25, 0.3) is 10.9 Å². The molecule has 0 spiro atoms. The maximum atomic E-state index is 13.4. The van der Waals surface area contributed by atoms with Crippen LogP contribution in [-0.4, -0.2) is 66.3 Å². The standard InChI is InChI=1S/C29H34N2O7/c1-29(2,3)38-28(33)31-22(13-19-14-30-21-12-8-7-11-20(19)21)27(32)37-24-17-36-25-23(16-35-26(24)25)34-15-18-9-5-4-6-10-18/h4-12,14,22-26,30H,13,15-17H2,1-3H3,(H,31,33)/t22-,23-,24-,25-,26-/m1/s1. The third-order valence-electron chi connectivity index (χ3n) is 6.61. The highest BCUT2D eigenvalue weighted by molar-refractivity contribution is 5.86. The maximum Gasteiger partial charge on any atom is 0.408 e. The van der Waals surface area contributed by atoms with Gasteiger partial charge in [0.05, 0.1) is 19.8 Å². The van der Waals surface area contributed by atoms with Crippen LogP contribution in [0.2, 0.25) is 0 Å². The number of alkyl carbamates (subject to hydrolysis) is 1. The number of benzene rings is 2. The Bertz CT molecular complexity index is 1250. The molecule has 2 aliphatic heterocycles. The molecule has 3 aromatic rings. The monoisotopic (exact) mass is 522 g/mol. The molecule has 5 atom stereocenters. The van der Waals surface area contributed by atoms with E-state index in [1.807, 2.05) is 60.8 Å². The molecule has 2 saturated heterocycles. The third kappa shape index (κ3) is 6.18. The highest BCUT2D eigenvalue weighted by Crippen LogP contribution is 2.31. The molecule has 2 aliphatic rings. The minimum absolute atomic E-state index is 0.193. The predicted molar refractivity (Wildman–Crippen MR) is 140 cm³/mol. The summed E-state index contributed by atoms with van der Waals surface area (Å²) in [5, 5.41) is 3.67. The molecule has 2 aromatic carbocycles. The highest BCUT2D eigenvalue weighted by atomic mass is 16.7. The molecule has 9 heteroatoms. The number of ether oxygens (including phenoxy) is 5. The van der Waals surface area contributed by atoms with E-state index in [-0.39, 0.29) is 25.2 Å². The van der Waals surface area contributed by atoms with Crippen LogP contribution in [0.1, 0.15) is 31.9 Å². The fraction of sp³-hybridized carbons (Fsp3) is 0.448. The molecule has 0 bridgehead atoms. The molecule has 9 nitrogen and oxygen atoms in total. The van der Waals surface area contributed by atoms with Gasteiger partial charge in [-0.15, -0.1) is 0 Å². The molecule has 3 heterocycles. The first-order valence-electron chi connectivity index (χ1n) is 12.9. The van der Waals surface area contributed by atoms with Crippen LogP contribution in [0.4, 0.5) is 4.79 Å². The first kappa shape index (κ1) is 26.2. The fourth-order valence-electron chi connectivity index (χ4n) is 4.85. The van der Waals surface area contributed by atoms with Crippen molar-refractivity contribution in [1.82, 2.24) is 10.3 Å². The number of carbonyl (C=O) groups excluding carboxylic acids is 2. The molecule has 0 aliphatic carbocycles. The molecule has 1 amide bonds. The van der Waals surface area contributed by atoms with E-state index < -0.39 is 35.9 Å². The Hall–Kier alpha value is -3.40. The second-order valence-electron chi connectivity index (χ2n) is 10.7. The van der Waals surface area contributed by atoms with Gasteiger partial charge in [0.2, 0.25) is 0 Å². The van der Waals surface area contributed by atoms with Crippen molar-refractivity contribution < 1.29 is 33.3 Å². The second kappa shape index (κ2) is 11.1. The van der Waals surface area contributed by atoms with Crippen molar-refractivity contribution in [2.75, 3.05) is 13.2 Å². The number of nitrogens with one attached hydrogen (secondary N) is 2. The van der Waals surface area contributed by atoms with Gasteiger partial charge < -0.3 is 34.0 Å². The van der Waals surface area contributed by atoms with Gasteiger partial charge in [0, 0.05) is 23.5 Å². The molecule has 38 heavy (non-hydrogen) atoms. The number of hydrogen-bond acceptors (Lipinski definition) is 7. The second-order valence-corrected chi connectivity index (χ2v) is 10.7. The molecule has 2 N–H and O–H groups in total. The molecule has 0 saturated carbocycles. The molecule has 5 rings (SSSR count). The summed E-state index contributed by atoms with van der Waals surface area (Å²) in [5.41, 5.74) is 2.17. The van der Waals surface area contributed by atoms with Crippen molar-refractivity contribution in [2.45, 2.75) is 69.9 Å². The number of amides is 1. The first-order chi connectivity index (χ1) is 18.3. The molecular formula is C29H34N2O7. The summed E-state index contributed by atoms with van der Waals surface area (Å²) in [6.07, 6.45) is -0.253. The van der Waals surface area contributed by atoms with Gasteiger partial charge in [0.25, 0.3) is 0 Å². The van der Waals surface area contributed by atoms with Gasteiger partial charge in [-0.1, -0.05) is 48.5 Å². The number of rotatable bonds is 8. The van der Waals surface area contributed by atoms with Crippen LogP contribution >= 0.6 is 0 Å². The quantitative estimate of drug-likeness (QED) is 0.432. The Kier molecular flexibility index (Phi) is 7.69. The zero-order valence-electron chi connectivity index (χ0n) is 21.8. The minimum atomic E-state index is -0.963. The Balaban J connectivity index is 1.24. The van der Waals surface area contributed by atoms with Crippen molar-refractivity contribution in [3.8, 4) is 0 Å². The van der Waals surface area contributed by atoms with Gasteiger partial charge in [-0.05, 0) is 38.0 Å². The maximum absolute atomic E-state index is 13.4. The summed E-state index contributed by atoms with van der Waals surface area (Å²) >= 11 is 0. The number of aromatic amines is 1. The van der Waals surface area contributed by atoms with Crippen molar-refractivity contribution in [1.29, 1.82) is 0 Å². The van der Waals surface area contributed by atoms with Crippen LogP contribution < -0.4 is 5.32 Å². The molecule has 0 radical (unpaired) electrons. The van der Waals surface area contributed by atoms with Gasteiger partial charge in [-0.2, -0.15) is 0 Å². The lowest BCUT2D eigenvalue weighted by Crippen LogP contribution is -2.47. The molecule has 202 valence electrons. The number of para-hydroxylation sites is 1. The number of aromatic nitrogens is 1. The topological polar surface area (TPSA) is 108 Å². The van der Waals surface area contributed by atoms with E-state index >= 15 is 0 Å². The third-order valence-corrected chi connectivity index (χ3v) is 6.61. The van der Waals surface area contributed by atoms with Crippen LogP contribution in [0.5, 0.6) is 0 Å². The molecular weight excluding hydrogens is 488 g/mol. The smallest absolute Gasteiger partial charge is 0.408 e. The lowest BCUT2D eigenvalue weighted by Gasteiger charge is -2.24. The first-order valence-corrected chi connectivity index (χ1v) is 12.9. The number of fused-ring (bicyclic) bond motifs is 2. The number of hydrogen-bond donors (Lipinski definition) is 2. The summed E-state index contributed by atoms with van der Waals surface area (Å²) in [5.74, 6) is -0.576. The average Bonchev–Trinajstić information content (AvgIpc) is 3.58. The molecule has 1 aromatic heterocycles. The Labute approximate surface area is 221 Å². The summed E-state index contributed by atoms with van der Waals surface area (Å²) in [6, 6.07) is 16.7. The van der Waals surface area contributed by atoms with Gasteiger partial charge in [0.1, 0.15) is 30.0 Å². The van der Waals surface area contributed by atoms with Crippen LogP contribution in [0.3, 0.4) is 0 Å². The molecule has 0 unspecified atom stereocenters. The van der Waals surface area contributed by atoms with Crippen molar-refractivity contribution in [3.63, 3.8) is 0 Å². The number of H-pyrrole nitrogens is 1. The summed E-state index contributed by atoms with van der Waals surface area (Å²) in [7, 11) is 0. The lowest BCUT2D eigenvalue weighted by atomic mass is 10.0. The van der Waals surface area contributed by atoms with E-state index in [4.69, 9.17) is 23.7 Å². The van der Waals surface area contributed by atoms with Crippen LogP contribution in [0, 0.1) is 0 Å². The Morgan fingerprint density at radius 3 is 2.45 bits per heavy atom. The van der Waals surface area contributed by atoms with Crippen molar-refractivity contribution >= 4 is 23.0 Å². The number of carbonyl (C=O) groups is 2. The van der Waals surface area contributed by atoms with Gasteiger partial charge >= 0.3 is 12.1 Å². The minimum Gasteiger partial charge on any atom is -0.455 e. The van der Waals surface area contributed by atoms with E-state index in [9.17, 15) is 9.59 Å². The van der Waals surface area contributed by atoms with Gasteiger partial charge in [-0.25, -0.2) is 9.59 Å². The lowest BCUT2D eigenvalue weighted by molar-refractivity contribution is -0.156. The van der Waals surface area contributed by atoms with Crippen LogP contribution in [0.15, 0.2) is 60.8 Å². The fourth-order valence-corrected chi connectivity index (χ4v) is 4.85. The number of esters is 1. The Morgan fingerprint density at radius 1 is 1.00 bits per heavy atom. The zero-order valence-corrected chi connectivity index (χ0v) is 21.8. The SMILES string of the molecule is CC(C)(C)OC(=O)N[C@H](Cc1c[nH]c2ccccc12)C(=O)O[C@@H]1CO[C@H]2[C@@H]1OC[C@H]2OCc1ccccc1. The van der Waals surface area contributed by atoms with E-state index in [0.29, 0.717) is 13.2 Å². The average molecular weight is 523 g/mol. The summed E-state index contributed by atoms with van der Waals surface area (Å²) in [6.45, 7) is 6.29. The zero-order chi connectivity index (χ0) is 26.7. The van der Waals surface area contributed by atoms with Crippen LogP contribution in [-0.2, 0) is 41.5 Å². The van der Waals surface area contributed by atoms with E-state index in [1.54, 1.807) is 20.8 Å². The largest absolute Gasteiger partial charge is 0.455 e. The van der Waals surface area contributed by atoms with E-state index in [1.165, 1.54) is 0 Å². The molecule has 2 fully saturated rings.